The van der Waals surface area contributed by atoms with Crippen LogP contribution in [-0.4, -0.2) is 49.4 Å². The van der Waals surface area contributed by atoms with Crippen LogP contribution in [0.5, 0.6) is 0 Å². The molecule has 2 amide bonds. The fraction of sp³-hybridized carbons (Fsp3) is 0.800. The van der Waals surface area contributed by atoms with Gasteiger partial charge in [-0.1, -0.05) is 0 Å². The molecule has 1 saturated heterocycles. The van der Waals surface area contributed by atoms with Gasteiger partial charge in [0, 0.05) is 33.1 Å². The average molecular weight is 213 g/mol. The molecule has 0 aromatic carbocycles. The number of rotatable bonds is 3. The summed E-state index contributed by atoms with van der Waals surface area (Å²) in [6.07, 6.45) is 1.37. The highest BCUT2D eigenvalue weighted by Crippen LogP contribution is 2.10. The fourth-order valence-electron chi connectivity index (χ4n) is 1.79. The fourth-order valence-corrected chi connectivity index (χ4v) is 1.79. The van der Waals surface area contributed by atoms with E-state index in [0.717, 1.165) is 6.42 Å². The van der Waals surface area contributed by atoms with E-state index in [9.17, 15) is 9.59 Å². The second-order valence-corrected chi connectivity index (χ2v) is 4.01. The van der Waals surface area contributed by atoms with Crippen LogP contribution >= 0.6 is 0 Å². The number of nitrogens with zero attached hydrogens (tertiary/aromatic N) is 1. The molecule has 1 heterocycles. The summed E-state index contributed by atoms with van der Waals surface area (Å²) in [5, 5.41) is 5.81. The summed E-state index contributed by atoms with van der Waals surface area (Å²) >= 11 is 0. The summed E-state index contributed by atoms with van der Waals surface area (Å²) in [6, 6.07) is 0.0154. The molecule has 86 valence electrons. The van der Waals surface area contributed by atoms with Crippen LogP contribution < -0.4 is 10.6 Å². The zero-order valence-corrected chi connectivity index (χ0v) is 9.54. The zero-order chi connectivity index (χ0) is 11.4. The van der Waals surface area contributed by atoms with E-state index < -0.39 is 0 Å². The number of amides is 2. The van der Waals surface area contributed by atoms with Gasteiger partial charge in [-0.25, -0.2) is 0 Å². The van der Waals surface area contributed by atoms with Crippen molar-refractivity contribution in [3.05, 3.63) is 0 Å². The molecule has 5 nitrogen and oxygen atoms in total. The van der Waals surface area contributed by atoms with E-state index in [1.54, 1.807) is 19.0 Å². The van der Waals surface area contributed by atoms with Gasteiger partial charge in [0.25, 0.3) is 0 Å². The number of piperidine rings is 1. The lowest BCUT2D eigenvalue weighted by molar-refractivity contribution is -0.132. The van der Waals surface area contributed by atoms with Gasteiger partial charge < -0.3 is 15.5 Å². The molecule has 15 heavy (non-hydrogen) atoms. The van der Waals surface area contributed by atoms with E-state index in [2.05, 4.69) is 10.6 Å². The van der Waals surface area contributed by atoms with Crippen molar-refractivity contribution in [1.29, 1.82) is 0 Å². The highest BCUT2D eigenvalue weighted by molar-refractivity contribution is 5.81. The van der Waals surface area contributed by atoms with E-state index in [1.807, 2.05) is 6.92 Å². The summed E-state index contributed by atoms with van der Waals surface area (Å²) < 4.78 is 0. The number of likely N-dealkylation sites (N-methyl/N-ethyl adjacent to an activating group) is 2. The van der Waals surface area contributed by atoms with E-state index in [-0.39, 0.29) is 23.9 Å². The topological polar surface area (TPSA) is 61.4 Å². The summed E-state index contributed by atoms with van der Waals surface area (Å²) in [5.41, 5.74) is 0. The first-order chi connectivity index (χ1) is 7.04. The number of likely N-dealkylation sites (tertiary alicyclic amines) is 1. The molecule has 0 aromatic rings. The first-order valence-corrected chi connectivity index (χ1v) is 5.26. The Balaban J connectivity index is 2.39. The third kappa shape index (κ3) is 3.20. The number of hydrogen-bond donors (Lipinski definition) is 2. The molecule has 0 bridgehead atoms. The molecule has 1 rings (SSSR count). The number of nitrogens with one attached hydrogen (secondary N) is 2. The standard InChI is InChI=1S/C10H19N3O2/c1-7(10(15)11-2)12-8-4-5-9(14)13(3)6-8/h7-8,12H,4-6H2,1-3H3,(H,11,15). The summed E-state index contributed by atoms with van der Waals surface area (Å²) in [6.45, 7) is 2.51. The van der Waals surface area contributed by atoms with E-state index in [4.69, 9.17) is 0 Å². The lowest BCUT2D eigenvalue weighted by Gasteiger charge is -2.31. The Kier molecular flexibility index (Phi) is 4.08. The Morgan fingerprint density at radius 2 is 2.27 bits per heavy atom. The predicted octanol–water partition coefficient (Wildman–Crippen LogP) is -0.669. The summed E-state index contributed by atoms with van der Waals surface area (Å²) in [7, 11) is 3.41. The van der Waals surface area contributed by atoms with Gasteiger partial charge in [-0.2, -0.15) is 0 Å². The molecule has 2 unspecified atom stereocenters. The largest absolute Gasteiger partial charge is 0.358 e. The predicted molar refractivity (Wildman–Crippen MR) is 57.3 cm³/mol. The van der Waals surface area contributed by atoms with Crippen LogP contribution in [0.25, 0.3) is 0 Å². The van der Waals surface area contributed by atoms with Gasteiger partial charge in [0.15, 0.2) is 0 Å². The highest BCUT2D eigenvalue weighted by Gasteiger charge is 2.25. The quantitative estimate of drug-likeness (QED) is 0.653. The third-order valence-electron chi connectivity index (χ3n) is 2.75. The summed E-state index contributed by atoms with van der Waals surface area (Å²) in [4.78, 5) is 24.2. The van der Waals surface area contributed by atoms with Gasteiger partial charge in [-0.3, -0.25) is 9.59 Å². The molecule has 1 aliphatic heterocycles. The van der Waals surface area contributed by atoms with Crippen molar-refractivity contribution in [2.45, 2.75) is 31.8 Å². The minimum absolute atomic E-state index is 0.0189. The smallest absolute Gasteiger partial charge is 0.236 e. The van der Waals surface area contributed by atoms with Crippen molar-refractivity contribution < 1.29 is 9.59 Å². The lowest BCUT2D eigenvalue weighted by atomic mass is 10.0. The SMILES string of the molecule is CNC(=O)C(C)NC1CCC(=O)N(C)C1. The lowest BCUT2D eigenvalue weighted by Crippen LogP contribution is -2.52. The minimum Gasteiger partial charge on any atom is -0.358 e. The third-order valence-corrected chi connectivity index (χ3v) is 2.75. The molecule has 0 spiro atoms. The first kappa shape index (κ1) is 12.0. The number of carbonyl (C=O) groups is 2. The first-order valence-electron chi connectivity index (χ1n) is 5.26. The number of hydrogen-bond acceptors (Lipinski definition) is 3. The van der Waals surface area contributed by atoms with Crippen LogP contribution in [0.2, 0.25) is 0 Å². The van der Waals surface area contributed by atoms with Crippen molar-refractivity contribution in [1.82, 2.24) is 15.5 Å². The van der Waals surface area contributed by atoms with Crippen LogP contribution in [0.3, 0.4) is 0 Å². The van der Waals surface area contributed by atoms with Gasteiger partial charge in [0.2, 0.25) is 11.8 Å². The van der Waals surface area contributed by atoms with E-state index in [1.165, 1.54) is 0 Å². The summed E-state index contributed by atoms with van der Waals surface area (Å²) in [5.74, 6) is 0.162. The molecule has 1 fully saturated rings. The molecular weight excluding hydrogens is 194 g/mol. The maximum Gasteiger partial charge on any atom is 0.236 e. The second-order valence-electron chi connectivity index (χ2n) is 4.01. The van der Waals surface area contributed by atoms with Crippen molar-refractivity contribution in [3.63, 3.8) is 0 Å². The van der Waals surface area contributed by atoms with Crippen molar-refractivity contribution >= 4 is 11.8 Å². The molecule has 0 saturated carbocycles. The highest BCUT2D eigenvalue weighted by atomic mass is 16.2. The van der Waals surface area contributed by atoms with Crippen LogP contribution in [-0.2, 0) is 9.59 Å². The maximum absolute atomic E-state index is 11.3. The van der Waals surface area contributed by atoms with E-state index in [0.29, 0.717) is 13.0 Å². The van der Waals surface area contributed by atoms with Gasteiger partial charge in [-0.15, -0.1) is 0 Å². The van der Waals surface area contributed by atoms with E-state index >= 15 is 0 Å². The van der Waals surface area contributed by atoms with Gasteiger partial charge in [-0.05, 0) is 13.3 Å². The molecule has 1 aliphatic rings. The van der Waals surface area contributed by atoms with Gasteiger partial charge in [0.1, 0.15) is 0 Å². The van der Waals surface area contributed by atoms with Gasteiger partial charge >= 0.3 is 0 Å². The monoisotopic (exact) mass is 213 g/mol. The second kappa shape index (κ2) is 5.11. The Bertz CT molecular complexity index is 255. The van der Waals surface area contributed by atoms with Crippen LogP contribution in [0.4, 0.5) is 0 Å². The molecular formula is C10H19N3O2. The molecule has 0 aliphatic carbocycles. The Hall–Kier alpha value is -1.10. The van der Waals surface area contributed by atoms with Crippen molar-refractivity contribution in [3.8, 4) is 0 Å². The maximum atomic E-state index is 11.3. The van der Waals surface area contributed by atoms with Gasteiger partial charge in [0.05, 0.1) is 6.04 Å². The minimum atomic E-state index is -0.207. The molecule has 2 N–H and O–H groups in total. The molecule has 2 atom stereocenters. The van der Waals surface area contributed by atoms with Crippen LogP contribution in [0, 0.1) is 0 Å². The van der Waals surface area contributed by atoms with Crippen LogP contribution in [0.15, 0.2) is 0 Å². The number of carbonyl (C=O) groups excluding carboxylic acids is 2. The Morgan fingerprint density at radius 3 is 2.80 bits per heavy atom. The Morgan fingerprint density at radius 1 is 1.60 bits per heavy atom. The molecule has 0 radical (unpaired) electrons. The molecule has 0 aromatic heterocycles. The van der Waals surface area contributed by atoms with Crippen molar-refractivity contribution in [2.24, 2.45) is 0 Å². The van der Waals surface area contributed by atoms with Crippen molar-refractivity contribution in [2.75, 3.05) is 20.6 Å². The Labute approximate surface area is 90.2 Å². The zero-order valence-electron chi connectivity index (χ0n) is 9.54. The van der Waals surface area contributed by atoms with Crippen LogP contribution in [0.1, 0.15) is 19.8 Å². The molecule has 5 heteroatoms. The average Bonchev–Trinajstić information content (AvgIpc) is 2.22. The normalized spacial score (nSPS) is 23.8.